The lowest BCUT2D eigenvalue weighted by Crippen LogP contribution is -2.04. The predicted molar refractivity (Wildman–Crippen MR) is 77.5 cm³/mol. The third-order valence-electron chi connectivity index (χ3n) is 3.00. The van der Waals surface area contributed by atoms with E-state index in [9.17, 15) is 4.79 Å². The Morgan fingerprint density at radius 3 is 2.91 bits per heavy atom. The molecule has 3 heterocycles. The average Bonchev–Trinajstić information content (AvgIpc) is 3.22. The van der Waals surface area contributed by atoms with Crippen LogP contribution < -0.4 is 4.74 Å². The lowest BCUT2D eigenvalue weighted by Gasteiger charge is -2.03. The number of hydrogen-bond donors (Lipinski definition) is 0. The van der Waals surface area contributed by atoms with Gasteiger partial charge < -0.3 is 13.7 Å². The van der Waals surface area contributed by atoms with Crippen LogP contribution in [0.15, 0.2) is 57.8 Å². The summed E-state index contributed by atoms with van der Waals surface area (Å²) in [7, 11) is 0. The van der Waals surface area contributed by atoms with Gasteiger partial charge in [0.1, 0.15) is 5.69 Å². The molecule has 0 aromatic carbocycles. The summed E-state index contributed by atoms with van der Waals surface area (Å²) >= 11 is 0. The molecule has 3 aromatic heterocycles. The van der Waals surface area contributed by atoms with E-state index in [-0.39, 0.29) is 5.78 Å². The van der Waals surface area contributed by atoms with Crippen molar-refractivity contribution in [1.82, 2.24) is 10.1 Å². The zero-order valence-corrected chi connectivity index (χ0v) is 11.8. The third kappa shape index (κ3) is 3.41. The summed E-state index contributed by atoms with van der Waals surface area (Å²) in [5, 5.41) is 3.77. The van der Waals surface area contributed by atoms with Gasteiger partial charge in [-0.15, -0.1) is 0 Å². The summed E-state index contributed by atoms with van der Waals surface area (Å²) in [6.45, 7) is 0.422. The van der Waals surface area contributed by atoms with E-state index >= 15 is 0 Å². The Bertz CT molecular complexity index is 720. The van der Waals surface area contributed by atoms with Crippen molar-refractivity contribution in [1.29, 1.82) is 0 Å². The first-order chi connectivity index (χ1) is 10.8. The molecule has 0 fully saturated rings. The molecule has 6 nitrogen and oxygen atoms in total. The number of nitrogens with zero attached hydrogens (tertiary/aromatic N) is 2. The smallest absolute Gasteiger partial charge is 0.213 e. The molecule has 0 saturated heterocycles. The molecular formula is C16H14N2O4. The number of aromatic nitrogens is 2. The number of hydrogen-bond acceptors (Lipinski definition) is 6. The summed E-state index contributed by atoms with van der Waals surface area (Å²) < 4.78 is 15.7. The second-order valence-corrected chi connectivity index (χ2v) is 4.60. The summed E-state index contributed by atoms with van der Waals surface area (Å²) in [4.78, 5) is 16.1. The molecule has 6 heteroatoms. The van der Waals surface area contributed by atoms with Crippen molar-refractivity contribution < 1.29 is 18.5 Å². The van der Waals surface area contributed by atoms with Crippen LogP contribution in [0.3, 0.4) is 0 Å². The summed E-state index contributed by atoms with van der Waals surface area (Å²) in [6.07, 6.45) is 4.11. The molecule has 0 saturated carbocycles. The molecule has 0 aliphatic rings. The number of Topliss-reactive ketones (excluding diaryl/α,β-unsaturated/α-hetero) is 1. The molecule has 0 radical (unpaired) electrons. The van der Waals surface area contributed by atoms with E-state index in [4.69, 9.17) is 13.7 Å². The Balaban J connectivity index is 1.48. The Morgan fingerprint density at radius 2 is 2.14 bits per heavy atom. The fraction of sp³-hybridized carbons (Fsp3) is 0.188. The molecule has 3 aromatic rings. The van der Waals surface area contributed by atoms with Crippen LogP contribution in [0, 0.1) is 0 Å². The maximum absolute atomic E-state index is 12.0. The van der Waals surface area contributed by atoms with Gasteiger partial charge in [-0.25, -0.2) is 4.98 Å². The Labute approximate surface area is 126 Å². The van der Waals surface area contributed by atoms with Gasteiger partial charge in [-0.1, -0.05) is 11.2 Å². The first-order valence-corrected chi connectivity index (χ1v) is 6.90. The molecule has 0 unspecified atom stereocenters. The van der Waals surface area contributed by atoms with Gasteiger partial charge in [-0.05, 0) is 24.6 Å². The lowest BCUT2D eigenvalue weighted by molar-refractivity contribution is 0.0964. The van der Waals surface area contributed by atoms with E-state index in [1.807, 2.05) is 12.1 Å². The van der Waals surface area contributed by atoms with Crippen LogP contribution in [0.2, 0.25) is 0 Å². The molecule has 0 aliphatic heterocycles. The molecule has 0 amide bonds. The van der Waals surface area contributed by atoms with Gasteiger partial charge in [0.25, 0.3) is 0 Å². The summed E-state index contributed by atoms with van der Waals surface area (Å²) in [5.41, 5.74) is 0.296. The maximum Gasteiger partial charge on any atom is 0.213 e. The van der Waals surface area contributed by atoms with Crippen LogP contribution in [0.5, 0.6) is 5.88 Å². The second kappa shape index (κ2) is 6.71. The highest BCUT2D eigenvalue weighted by Crippen LogP contribution is 2.21. The number of carbonyl (C=O) groups excluding carboxylic acids is 1. The predicted octanol–water partition coefficient (Wildman–Crippen LogP) is 3.37. The van der Waals surface area contributed by atoms with Gasteiger partial charge in [0.15, 0.2) is 11.5 Å². The highest BCUT2D eigenvalue weighted by atomic mass is 16.5. The molecule has 0 spiro atoms. The standard InChI is InChI=1S/C16H14N2O4/c19-13(5-3-10-21-16-7-1-2-8-17-16)12-11-15(22-18-12)14-6-4-9-20-14/h1-2,4,6-9,11H,3,5,10H2. The zero-order valence-electron chi connectivity index (χ0n) is 11.8. The van der Waals surface area contributed by atoms with Crippen molar-refractivity contribution in [2.75, 3.05) is 6.61 Å². The molecule has 22 heavy (non-hydrogen) atoms. The van der Waals surface area contributed by atoms with Crippen LogP contribution in [-0.4, -0.2) is 22.5 Å². The first kappa shape index (κ1) is 14.1. The Morgan fingerprint density at radius 1 is 1.18 bits per heavy atom. The van der Waals surface area contributed by atoms with Gasteiger partial charge >= 0.3 is 0 Å². The van der Waals surface area contributed by atoms with E-state index in [0.29, 0.717) is 42.5 Å². The normalized spacial score (nSPS) is 10.5. The van der Waals surface area contributed by atoms with Crippen LogP contribution in [0.1, 0.15) is 23.3 Å². The quantitative estimate of drug-likeness (QED) is 0.491. The monoisotopic (exact) mass is 298 g/mol. The minimum absolute atomic E-state index is 0.0915. The fourth-order valence-electron chi connectivity index (χ4n) is 1.91. The summed E-state index contributed by atoms with van der Waals surface area (Å²) in [5.74, 6) is 1.45. The van der Waals surface area contributed by atoms with E-state index in [1.54, 1.807) is 30.5 Å². The van der Waals surface area contributed by atoms with Crippen LogP contribution in [0.25, 0.3) is 11.5 Å². The van der Waals surface area contributed by atoms with E-state index < -0.39 is 0 Å². The lowest BCUT2D eigenvalue weighted by atomic mass is 10.1. The van der Waals surface area contributed by atoms with Crippen molar-refractivity contribution in [3.05, 3.63) is 54.6 Å². The topological polar surface area (TPSA) is 78.4 Å². The van der Waals surface area contributed by atoms with Crippen LogP contribution >= 0.6 is 0 Å². The van der Waals surface area contributed by atoms with Crippen LogP contribution in [0.4, 0.5) is 0 Å². The largest absolute Gasteiger partial charge is 0.478 e. The molecular weight excluding hydrogens is 284 g/mol. The number of furan rings is 1. The molecule has 3 rings (SSSR count). The highest BCUT2D eigenvalue weighted by molar-refractivity contribution is 5.94. The van der Waals surface area contributed by atoms with E-state index in [0.717, 1.165) is 0 Å². The molecule has 0 aliphatic carbocycles. The van der Waals surface area contributed by atoms with Crippen molar-refractivity contribution in [2.24, 2.45) is 0 Å². The number of ketones is 1. The summed E-state index contributed by atoms with van der Waals surface area (Å²) in [6, 6.07) is 10.5. The fourth-order valence-corrected chi connectivity index (χ4v) is 1.91. The van der Waals surface area contributed by atoms with Crippen molar-refractivity contribution in [2.45, 2.75) is 12.8 Å². The highest BCUT2D eigenvalue weighted by Gasteiger charge is 2.14. The maximum atomic E-state index is 12.0. The Hall–Kier alpha value is -2.89. The first-order valence-electron chi connectivity index (χ1n) is 6.90. The van der Waals surface area contributed by atoms with Crippen molar-refractivity contribution in [3.8, 4) is 17.4 Å². The Kier molecular flexibility index (Phi) is 4.29. The van der Waals surface area contributed by atoms with Gasteiger partial charge in [-0.3, -0.25) is 4.79 Å². The van der Waals surface area contributed by atoms with Crippen molar-refractivity contribution >= 4 is 5.78 Å². The van der Waals surface area contributed by atoms with Crippen molar-refractivity contribution in [3.63, 3.8) is 0 Å². The molecule has 0 bridgehead atoms. The minimum atomic E-state index is -0.0915. The van der Waals surface area contributed by atoms with Gasteiger partial charge in [0.2, 0.25) is 11.6 Å². The molecule has 0 atom stereocenters. The van der Waals surface area contributed by atoms with Gasteiger partial charge in [-0.2, -0.15) is 0 Å². The number of carbonyl (C=O) groups is 1. The second-order valence-electron chi connectivity index (χ2n) is 4.60. The SMILES string of the molecule is O=C(CCCOc1ccccn1)c1cc(-c2ccco2)on1. The minimum Gasteiger partial charge on any atom is -0.478 e. The third-order valence-corrected chi connectivity index (χ3v) is 3.00. The number of rotatable bonds is 7. The molecule has 0 N–H and O–H groups in total. The van der Waals surface area contributed by atoms with E-state index in [1.165, 1.54) is 6.26 Å². The molecule has 112 valence electrons. The van der Waals surface area contributed by atoms with Crippen LogP contribution in [-0.2, 0) is 0 Å². The number of ether oxygens (including phenoxy) is 1. The zero-order chi connectivity index (χ0) is 15.2. The van der Waals surface area contributed by atoms with Gasteiger partial charge in [0, 0.05) is 24.8 Å². The van der Waals surface area contributed by atoms with E-state index in [2.05, 4.69) is 10.1 Å². The number of pyridine rings is 1. The van der Waals surface area contributed by atoms with Gasteiger partial charge in [0.05, 0.1) is 12.9 Å². The average molecular weight is 298 g/mol.